The molecule has 0 unspecified atom stereocenters. The third-order valence-electron chi connectivity index (χ3n) is 5.20. The van der Waals surface area contributed by atoms with Crippen molar-refractivity contribution in [1.82, 2.24) is 4.98 Å². The maximum absolute atomic E-state index is 12.1. The molecule has 3 aromatic rings. The summed E-state index contributed by atoms with van der Waals surface area (Å²) in [6.07, 6.45) is 1.19. The van der Waals surface area contributed by atoms with Crippen molar-refractivity contribution in [3.05, 3.63) is 76.6 Å². The minimum atomic E-state index is -1.16. The maximum atomic E-state index is 12.1. The summed E-state index contributed by atoms with van der Waals surface area (Å²) >= 11 is 6.09. The third-order valence-corrected chi connectivity index (χ3v) is 5.45. The number of fused-ring (bicyclic) bond motifs is 1. The number of pyridine rings is 1. The fraction of sp³-hybridized carbons (Fsp3) is 0.250. The molecular weight excluding hydrogens is 386 g/mol. The van der Waals surface area contributed by atoms with Gasteiger partial charge >= 0.3 is 5.97 Å². The van der Waals surface area contributed by atoms with Crippen molar-refractivity contribution < 1.29 is 14.6 Å². The Kier molecular flexibility index (Phi) is 5.05. The Balaban J connectivity index is 2.02. The van der Waals surface area contributed by atoms with E-state index >= 15 is 0 Å². The first-order valence-corrected chi connectivity index (χ1v) is 9.98. The van der Waals surface area contributed by atoms with Crippen molar-refractivity contribution in [2.75, 3.05) is 0 Å². The van der Waals surface area contributed by atoms with Crippen LogP contribution in [0.3, 0.4) is 0 Å². The molecule has 1 heterocycles. The van der Waals surface area contributed by atoms with Crippen molar-refractivity contribution >= 4 is 28.5 Å². The Morgan fingerprint density at radius 2 is 1.93 bits per heavy atom. The van der Waals surface area contributed by atoms with Gasteiger partial charge < -0.3 is 9.84 Å². The molecule has 0 aliphatic heterocycles. The Bertz CT molecular complexity index is 1120. The lowest BCUT2D eigenvalue weighted by Crippen LogP contribution is -2.17. The molecule has 0 amide bonds. The molecule has 1 saturated carbocycles. The van der Waals surface area contributed by atoms with Gasteiger partial charge in [0.1, 0.15) is 0 Å². The van der Waals surface area contributed by atoms with E-state index in [0.29, 0.717) is 22.3 Å². The van der Waals surface area contributed by atoms with Crippen molar-refractivity contribution in [3.8, 4) is 11.1 Å². The predicted molar refractivity (Wildman–Crippen MR) is 115 cm³/mol. The number of aliphatic carboxylic acids is 1. The smallest absolute Gasteiger partial charge is 0.349 e. The summed E-state index contributed by atoms with van der Waals surface area (Å²) in [5.41, 5.74) is 5.06. The van der Waals surface area contributed by atoms with E-state index < -0.39 is 12.1 Å². The molecule has 0 bridgehead atoms. The Hall–Kier alpha value is -2.85. The summed E-state index contributed by atoms with van der Waals surface area (Å²) in [7, 11) is 0. The van der Waals surface area contributed by atoms with Gasteiger partial charge in [-0.1, -0.05) is 36.4 Å². The van der Waals surface area contributed by atoms with Crippen molar-refractivity contribution in [2.45, 2.75) is 38.7 Å². The van der Waals surface area contributed by atoms with Crippen LogP contribution < -0.4 is 0 Å². The van der Waals surface area contributed by atoms with Crippen LogP contribution in [0, 0.1) is 6.92 Å². The second-order valence-electron chi connectivity index (χ2n) is 7.60. The summed E-state index contributed by atoms with van der Waals surface area (Å²) in [4.78, 5) is 17.0. The molecule has 4 rings (SSSR count). The van der Waals surface area contributed by atoms with E-state index in [1.807, 2.05) is 37.3 Å². The fourth-order valence-corrected chi connectivity index (χ4v) is 3.87. The van der Waals surface area contributed by atoms with Gasteiger partial charge in [0.15, 0.2) is 0 Å². The second kappa shape index (κ2) is 7.53. The number of aromatic nitrogens is 1. The van der Waals surface area contributed by atoms with Crippen LogP contribution in [-0.4, -0.2) is 16.1 Å². The van der Waals surface area contributed by atoms with Crippen LogP contribution >= 0.6 is 11.6 Å². The minimum Gasteiger partial charge on any atom is -0.479 e. The Morgan fingerprint density at radius 3 is 2.52 bits per heavy atom. The lowest BCUT2D eigenvalue weighted by molar-refractivity contribution is -0.148. The quantitative estimate of drug-likeness (QED) is 0.479. The van der Waals surface area contributed by atoms with Crippen LogP contribution in [0.4, 0.5) is 0 Å². The van der Waals surface area contributed by atoms with E-state index in [4.69, 9.17) is 21.3 Å². The number of aryl methyl sites for hydroxylation is 1. The van der Waals surface area contributed by atoms with Crippen molar-refractivity contribution in [1.29, 1.82) is 0 Å². The van der Waals surface area contributed by atoms with E-state index in [2.05, 4.69) is 6.58 Å². The minimum absolute atomic E-state index is 0.348. The molecular formula is C24H22ClNO3. The number of hydrogen-bond donors (Lipinski definition) is 1. The van der Waals surface area contributed by atoms with E-state index in [-0.39, 0.29) is 0 Å². The first-order valence-electron chi connectivity index (χ1n) is 9.60. The zero-order valence-corrected chi connectivity index (χ0v) is 17.2. The number of halogens is 1. The zero-order chi connectivity index (χ0) is 20.7. The predicted octanol–water partition coefficient (Wildman–Crippen LogP) is 6.42. The summed E-state index contributed by atoms with van der Waals surface area (Å²) in [6, 6.07) is 13.4. The van der Waals surface area contributed by atoms with Gasteiger partial charge in [-0.25, -0.2) is 4.79 Å². The topological polar surface area (TPSA) is 59.4 Å². The van der Waals surface area contributed by atoms with Gasteiger partial charge in [-0.15, -0.1) is 0 Å². The second-order valence-corrected chi connectivity index (χ2v) is 8.04. The third kappa shape index (κ3) is 3.85. The van der Waals surface area contributed by atoms with Gasteiger partial charge in [-0.3, -0.25) is 4.98 Å². The fourth-order valence-electron chi connectivity index (χ4n) is 3.74. The Morgan fingerprint density at radius 1 is 1.24 bits per heavy atom. The monoisotopic (exact) mass is 407 g/mol. The molecule has 148 valence electrons. The number of rotatable bonds is 6. The number of carboxylic acids is 1. The van der Waals surface area contributed by atoms with E-state index in [9.17, 15) is 9.90 Å². The molecule has 1 fully saturated rings. The first-order chi connectivity index (χ1) is 13.8. The molecule has 1 aliphatic carbocycles. The highest BCUT2D eigenvalue weighted by atomic mass is 35.5. The molecule has 1 aromatic heterocycles. The molecule has 1 N–H and O–H groups in total. The highest BCUT2D eigenvalue weighted by Crippen LogP contribution is 2.43. The molecule has 5 heteroatoms. The van der Waals surface area contributed by atoms with Crippen molar-refractivity contribution in [2.24, 2.45) is 0 Å². The van der Waals surface area contributed by atoms with Gasteiger partial charge in [0.25, 0.3) is 0 Å². The Labute approximate surface area is 174 Å². The number of carbonyl (C=O) groups is 1. The van der Waals surface area contributed by atoms with Gasteiger partial charge in [0.05, 0.1) is 11.3 Å². The highest BCUT2D eigenvalue weighted by molar-refractivity contribution is 6.30. The van der Waals surface area contributed by atoms with Gasteiger partial charge in [-0.05, 0) is 67.6 Å². The molecule has 29 heavy (non-hydrogen) atoms. The van der Waals surface area contributed by atoms with E-state index in [0.717, 1.165) is 33.3 Å². The molecule has 2 aromatic carbocycles. The standard InChI is InChI=1S/C24H22ClNO3/c1-13(2)29-23(24(27)28)21-14(3)12-20-18(10-11-19(26-20)15-4-5-15)22(21)16-6-8-17(25)9-7-16/h6-12,15,23H,1,4-5H2,2-3H3,(H,27,28)/t23-/m0/s1. The van der Waals surface area contributed by atoms with Crippen molar-refractivity contribution in [3.63, 3.8) is 0 Å². The average molecular weight is 408 g/mol. The summed E-state index contributed by atoms with van der Waals surface area (Å²) in [5.74, 6) is -0.175. The SMILES string of the molecule is C=C(C)O[C@H](C(=O)O)c1c(C)cc2nc(C3CC3)ccc2c1-c1ccc(Cl)cc1. The summed E-state index contributed by atoms with van der Waals surface area (Å²) in [5, 5.41) is 11.4. The van der Waals surface area contributed by atoms with Gasteiger partial charge in [0, 0.05) is 27.6 Å². The lowest BCUT2D eigenvalue weighted by Gasteiger charge is -2.23. The highest BCUT2D eigenvalue weighted by Gasteiger charge is 2.30. The molecule has 1 aliphatic rings. The number of benzene rings is 2. The zero-order valence-electron chi connectivity index (χ0n) is 16.4. The van der Waals surface area contributed by atoms with Crippen LogP contribution in [0.1, 0.15) is 48.6 Å². The maximum Gasteiger partial charge on any atom is 0.349 e. The number of carboxylic acid groups (broad SMARTS) is 1. The molecule has 0 spiro atoms. The average Bonchev–Trinajstić information content (AvgIpc) is 3.50. The largest absolute Gasteiger partial charge is 0.479 e. The van der Waals surface area contributed by atoms with Crippen LogP contribution in [0.5, 0.6) is 0 Å². The number of allylic oxidation sites excluding steroid dienone is 1. The van der Waals surface area contributed by atoms with Crippen LogP contribution in [0.15, 0.2) is 54.8 Å². The van der Waals surface area contributed by atoms with Crippen LogP contribution in [0.25, 0.3) is 22.0 Å². The normalized spacial score (nSPS) is 14.6. The number of hydrogen-bond acceptors (Lipinski definition) is 3. The van der Waals surface area contributed by atoms with Crippen LogP contribution in [-0.2, 0) is 9.53 Å². The summed E-state index contributed by atoms with van der Waals surface area (Å²) < 4.78 is 5.64. The molecule has 0 saturated heterocycles. The van der Waals surface area contributed by atoms with E-state index in [1.165, 1.54) is 12.8 Å². The molecule has 4 nitrogen and oxygen atoms in total. The molecule has 0 radical (unpaired) electrons. The number of ether oxygens (including phenoxy) is 1. The van der Waals surface area contributed by atoms with Gasteiger partial charge in [0.2, 0.25) is 6.10 Å². The van der Waals surface area contributed by atoms with Crippen LogP contribution in [0.2, 0.25) is 5.02 Å². The molecule has 1 atom stereocenters. The van der Waals surface area contributed by atoms with E-state index in [1.54, 1.807) is 19.1 Å². The number of nitrogens with zero attached hydrogens (tertiary/aromatic N) is 1. The lowest BCUT2D eigenvalue weighted by atomic mass is 9.88. The summed E-state index contributed by atoms with van der Waals surface area (Å²) in [6.45, 7) is 7.28. The first kappa shape index (κ1) is 19.5. The van der Waals surface area contributed by atoms with Gasteiger partial charge in [-0.2, -0.15) is 0 Å².